The number of halogens is 1. The molecule has 2 amide bonds. The van der Waals surface area contributed by atoms with E-state index in [2.05, 4.69) is 44.9 Å². The van der Waals surface area contributed by atoms with Crippen LogP contribution in [0.3, 0.4) is 0 Å². The molecule has 1 atom stereocenters. The van der Waals surface area contributed by atoms with Crippen molar-refractivity contribution in [2.45, 2.75) is 52.1 Å². The number of rotatable bonds is 3. The van der Waals surface area contributed by atoms with Crippen LogP contribution in [-0.2, 0) is 11.3 Å². The average molecular weight is 439 g/mol. The van der Waals surface area contributed by atoms with Gasteiger partial charge in [0.1, 0.15) is 5.82 Å². The molecule has 0 aromatic heterocycles. The summed E-state index contributed by atoms with van der Waals surface area (Å²) >= 11 is 0.915. The number of nitrogens with zero attached hydrogens (tertiary/aromatic N) is 2. The molecule has 6 heteroatoms. The first-order valence-electron chi connectivity index (χ1n) is 10.5. The largest absolute Gasteiger partial charge is 0.369 e. The van der Waals surface area contributed by atoms with Crippen molar-refractivity contribution in [1.29, 1.82) is 0 Å². The molecule has 4 rings (SSSR count). The number of imide groups is 1. The number of aryl methyl sites for hydroxylation is 1. The maximum atomic E-state index is 14.0. The van der Waals surface area contributed by atoms with E-state index in [4.69, 9.17) is 0 Å². The molecule has 2 heterocycles. The van der Waals surface area contributed by atoms with Crippen molar-refractivity contribution in [3.05, 3.63) is 69.4 Å². The van der Waals surface area contributed by atoms with Gasteiger partial charge in [0.15, 0.2) is 0 Å². The van der Waals surface area contributed by atoms with E-state index < -0.39 is 5.82 Å². The van der Waals surface area contributed by atoms with Crippen LogP contribution in [-0.4, -0.2) is 28.6 Å². The van der Waals surface area contributed by atoms with Gasteiger partial charge in [-0.25, -0.2) is 4.39 Å². The van der Waals surface area contributed by atoms with E-state index in [0.29, 0.717) is 16.4 Å². The van der Waals surface area contributed by atoms with Crippen LogP contribution in [0, 0.1) is 12.7 Å². The van der Waals surface area contributed by atoms with E-state index in [0.717, 1.165) is 34.2 Å². The Kier molecular flexibility index (Phi) is 5.46. The van der Waals surface area contributed by atoms with Crippen molar-refractivity contribution in [3.8, 4) is 0 Å². The smallest absolute Gasteiger partial charge is 0.293 e. The van der Waals surface area contributed by atoms with Gasteiger partial charge in [0, 0.05) is 23.8 Å². The molecule has 2 aromatic carbocycles. The van der Waals surface area contributed by atoms with Crippen molar-refractivity contribution < 1.29 is 14.0 Å². The first-order valence-corrected chi connectivity index (χ1v) is 11.3. The van der Waals surface area contributed by atoms with E-state index in [1.807, 2.05) is 6.92 Å². The third kappa shape index (κ3) is 3.89. The second-order valence-corrected chi connectivity index (χ2v) is 10.1. The van der Waals surface area contributed by atoms with Crippen LogP contribution in [0.5, 0.6) is 0 Å². The lowest BCUT2D eigenvalue weighted by atomic mass is 9.79. The maximum absolute atomic E-state index is 14.0. The number of benzene rings is 2. The van der Waals surface area contributed by atoms with Crippen LogP contribution in [0.25, 0.3) is 6.08 Å². The predicted octanol–water partition coefficient (Wildman–Crippen LogP) is 6.09. The molecule has 0 spiro atoms. The Morgan fingerprint density at radius 1 is 1.23 bits per heavy atom. The Morgan fingerprint density at radius 2 is 1.94 bits per heavy atom. The molecule has 0 unspecified atom stereocenters. The molecule has 0 aliphatic carbocycles. The third-order valence-electron chi connectivity index (χ3n) is 6.47. The summed E-state index contributed by atoms with van der Waals surface area (Å²) in [4.78, 5) is 29.2. The van der Waals surface area contributed by atoms with Crippen LogP contribution >= 0.6 is 11.8 Å². The van der Waals surface area contributed by atoms with Crippen molar-refractivity contribution in [3.63, 3.8) is 0 Å². The number of carbonyl (C=O) groups excluding carboxylic acids is 2. The second kappa shape index (κ2) is 7.83. The fourth-order valence-electron chi connectivity index (χ4n) is 4.46. The highest BCUT2D eigenvalue weighted by Crippen LogP contribution is 2.44. The number of hydrogen-bond donors (Lipinski definition) is 0. The van der Waals surface area contributed by atoms with E-state index >= 15 is 0 Å². The molecular formula is C25H27FN2O2S. The van der Waals surface area contributed by atoms with Gasteiger partial charge in [-0.05, 0) is 85.8 Å². The molecule has 0 radical (unpaired) electrons. The molecule has 31 heavy (non-hydrogen) atoms. The van der Waals surface area contributed by atoms with Crippen LogP contribution < -0.4 is 4.90 Å². The van der Waals surface area contributed by atoms with Gasteiger partial charge in [0.25, 0.3) is 11.1 Å². The number of hydrogen-bond acceptors (Lipinski definition) is 4. The zero-order chi connectivity index (χ0) is 22.5. The molecule has 162 valence electrons. The minimum absolute atomic E-state index is 0.0608. The zero-order valence-corrected chi connectivity index (χ0v) is 19.3. The van der Waals surface area contributed by atoms with Crippen molar-refractivity contribution >= 4 is 34.7 Å². The first kappa shape index (κ1) is 21.6. The Balaban J connectivity index is 1.65. The van der Waals surface area contributed by atoms with Crippen LogP contribution in [0.2, 0.25) is 0 Å². The Hall–Kier alpha value is -2.60. The highest BCUT2D eigenvalue weighted by Gasteiger charge is 2.37. The number of thioether (sulfide) groups is 1. The lowest BCUT2D eigenvalue weighted by molar-refractivity contribution is -0.123. The van der Waals surface area contributed by atoms with Gasteiger partial charge in [-0.3, -0.25) is 14.5 Å². The van der Waals surface area contributed by atoms with E-state index in [-0.39, 0.29) is 23.2 Å². The Morgan fingerprint density at radius 3 is 2.65 bits per heavy atom. The van der Waals surface area contributed by atoms with E-state index in [1.165, 1.54) is 17.3 Å². The standard InChI is InChI=1S/C25H27FN2O2S/c1-15-10-21-19(16(2)13-25(3,4)27(21)5)11-18(15)12-22-23(29)28(24(30)31-22)14-17-8-6-7-9-20(17)26/h6-12,16H,13-14H2,1-5H3/b22-12-/t16-/m1/s1. The summed E-state index contributed by atoms with van der Waals surface area (Å²) in [5, 5.41) is -0.370. The number of fused-ring (bicyclic) bond motifs is 1. The molecule has 2 aromatic rings. The normalized spacial score (nSPS) is 21.7. The molecule has 4 nitrogen and oxygen atoms in total. The molecule has 1 saturated heterocycles. The summed E-state index contributed by atoms with van der Waals surface area (Å²) in [6, 6.07) is 10.5. The molecule has 0 N–H and O–H groups in total. The monoisotopic (exact) mass is 438 g/mol. The van der Waals surface area contributed by atoms with Crippen molar-refractivity contribution in [1.82, 2.24) is 4.90 Å². The molecule has 0 saturated carbocycles. The average Bonchev–Trinajstić information content (AvgIpc) is 2.96. The number of anilines is 1. The van der Waals surface area contributed by atoms with Crippen molar-refractivity contribution in [2.75, 3.05) is 11.9 Å². The van der Waals surface area contributed by atoms with Gasteiger partial charge in [-0.1, -0.05) is 25.1 Å². The van der Waals surface area contributed by atoms with Crippen LogP contribution in [0.1, 0.15) is 55.4 Å². The fraction of sp³-hybridized carbons (Fsp3) is 0.360. The van der Waals surface area contributed by atoms with Gasteiger partial charge in [-0.15, -0.1) is 0 Å². The summed E-state index contributed by atoms with van der Waals surface area (Å²) in [6.45, 7) is 8.70. The highest BCUT2D eigenvalue weighted by molar-refractivity contribution is 8.18. The molecule has 0 bridgehead atoms. The maximum Gasteiger partial charge on any atom is 0.293 e. The van der Waals surface area contributed by atoms with Crippen LogP contribution in [0.15, 0.2) is 41.3 Å². The topological polar surface area (TPSA) is 40.6 Å². The van der Waals surface area contributed by atoms with Gasteiger partial charge in [-0.2, -0.15) is 0 Å². The predicted molar refractivity (Wildman–Crippen MR) is 125 cm³/mol. The second-order valence-electron chi connectivity index (χ2n) is 9.10. The quantitative estimate of drug-likeness (QED) is 0.544. The SMILES string of the molecule is Cc1cc2c(cc1/C=C1\SC(=O)N(Cc3ccccc3F)C1=O)[C@H](C)CC(C)(C)N2C. The number of amides is 2. The molecule has 2 aliphatic rings. The zero-order valence-electron chi connectivity index (χ0n) is 18.5. The Labute approximate surface area is 187 Å². The van der Waals surface area contributed by atoms with Gasteiger partial charge in [0.05, 0.1) is 11.4 Å². The summed E-state index contributed by atoms with van der Waals surface area (Å²) < 4.78 is 14.0. The van der Waals surface area contributed by atoms with Crippen molar-refractivity contribution in [2.24, 2.45) is 0 Å². The number of carbonyl (C=O) groups is 2. The van der Waals surface area contributed by atoms with Gasteiger partial charge >= 0.3 is 0 Å². The highest BCUT2D eigenvalue weighted by atomic mass is 32.2. The summed E-state index contributed by atoms with van der Waals surface area (Å²) in [6.07, 6.45) is 2.84. The van der Waals surface area contributed by atoms with Crippen LogP contribution in [0.4, 0.5) is 14.9 Å². The summed E-state index contributed by atoms with van der Waals surface area (Å²) in [7, 11) is 2.12. The van der Waals surface area contributed by atoms with Gasteiger partial charge < -0.3 is 4.90 Å². The fourth-order valence-corrected chi connectivity index (χ4v) is 5.29. The van der Waals surface area contributed by atoms with E-state index in [1.54, 1.807) is 24.3 Å². The third-order valence-corrected chi connectivity index (χ3v) is 7.38. The molecule has 1 fully saturated rings. The molecular weight excluding hydrogens is 411 g/mol. The van der Waals surface area contributed by atoms with E-state index in [9.17, 15) is 14.0 Å². The first-order chi connectivity index (χ1) is 14.6. The molecule has 2 aliphatic heterocycles. The minimum Gasteiger partial charge on any atom is -0.369 e. The van der Waals surface area contributed by atoms with Gasteiger partial charge in [0.2, 0.25) is 0 Å². The summed E-state index contributed by atoms with van der Waals surface area (Å²) in [5.41, 5.74) is 4.87. The lowest BCUT2D eigenvalue weighted by Gasteiger charge is -2.45. The minimum atomic E-state index is -0.419. The summed E-state index contributed by atoms with van der Waals surface area (Å²) in [5.74, 6) is -0.399. The Bertz CT molecular complexity index is 1110. The lowest BCUT2D eigenvalue weighted by Crippen LogP contribution is -2.45.